The van der Waals surface area contributed by atoms with Crippen molar-refractivity contribution in [2.45, 2.75) is 25.3 Å². The maximum atomic E-state index is 12.5. The van der Waals surface area contributed by atoms with Crippen LogP contribution in [-0.2, 0) is 16.6 Å². The number of sulfonamides is 1. The molecule has 0 aliphatic heterocycles. The first kappa shape index (κ1) is 18.0. The predicted molar refractivity (Wildman–Crippen MR) is 98.0 cm³/mol. The fraction of sp³-hybridized carbons (Fsp3) is 0.167. The van der Waals surface area contributed by atoms with E-state index in [9.17, 15) is 13.2 Å². The van der Waals surface area contributed by atoms with E-state index in [4.69, 9.17) is 0 Å². The van der Waals surface area contributed by atoms with Gasteiger partial charge in [-0.2, -0.15) is 0 Å². The Kier molecular flexibility index (Phi) is 4.97. The summed E-state index contributed by atoms with van der Waals surface area (Å²) in [7, 11) is -3.71. The Morgan fingerprint density at radius 1 is 1.08 bits per heavy atom. The summed E-state index contributed by atoms with van der Waals surface area (Å²) in [6.07, 6.45) is 1.59. The van der Waals surface area contributed by atoms with Crippen LogP contribution in [0.5, 0.6) is 0 Å². The molecular formula is C18H18N4O3S. The van der Waals surface area contributed by atoms with Crippen LogP contribution in [0.4, 0.5) is 0 Å². The van der Waals surface area contributed by atoms with Gasteiger partial charge in [-0.05, 0) is 49.2 Å². The predicted octanol–water partition coefficient (Wildman–Crippen LogP) is 1.93. The van der Waals surface area contributed by atoms with Crippen molar-refractivity contribution in [2.75, 3.05) is 0 Å². The Morgan fingerprint density at radius 3 is 2.58 bits per heavy atom. The molecule has 8 heteroatoms. The number of hydrogen-bond donors (Lipinski definition) is 2. The summed E-state index contributed by atoms with van der Waals surface area (Å²) in [4.78, 5) is 23.1. The molecule has 1 aromatic carbocycles. The van der Waals surface area contributed by atoms with E-state index in [1.807, 2.05) is 13.8 Å². The number of nitrogens with one attached hydrogen (secondary N) is 2. The van der Waals surface area contributed by atoms with Gasteiger partial charge in [0.15, 0.2) is 5.82 Å². The zero-order valence-corrected chi connectivity index (χ0v) is 15.2. The van der Waals surface area contributed by atoms with Crippen LogP contribution < -0.4 is 10.3 Å². The van der Waals surface area contributed by atoms with E-state index in [-0.39, 0.29) is 17.0 Å². The van der Waals surface area contributed by atoms with E-state index in [1.54, 1.807) is 42.6 Å². The fourth-order valence-electron chi connectivity index (χ4n) is 2.36. The van der Waals surface area contributed by atoms with Crippen molar-refractivity contribution in [3.63, 3.8) is 0 Å². The Hall–Kier alpha value is -2.84. The van der Waals surface area contributed by atoms with E-state index in [0.29, 0.717) is 17.2 Å². The molecule has 0 saturated heterocycles. The first-order valence-electron chi connectivity index (χ1n) is 7.94. The van der Waals surface area contributed by atoms with Gasteiger partial charge in [0, 0.05) is 12.3 Å². The highest BCUT2D eigenvalue weighted by Crippen LogP contribution is 2.15. The van der Waals surface area contributed by atoms with Gasteiger partial charge in [-0.3, -0.25) is 9.78 Å². The Bertz CT molecular complexity index is 1090. The minimum absolute atomic E-state index is 0.0982. The molecule has 2 aromatic heterocycles. The lowest BCUT2D eigenvalue weighted by atomic mass is 10.1. The highest BCUT2D eigenvalue weighted by atomic mass is 32.2. The molecule has 0 aliphatic carbocycles. The molecule has 0 unspecified atom stereocenters. The number of rotatable bonds is 5. The first-order chi connectivity index (χ1) is 12.3. The molecule has 0 radical (unpaired) electrons. The Balaban J connectivity index is 1.84. The van der Waals surface area contributed by atoms with Gasteiger partial charge >= 0.3 is 0 Å². The number of aryl methyl sites for hydroxylation is 2. The number of hydrogen-bond acceptors (Lipinski definition) is 5. The molecule has 2 heterocycles. The van der Waals surface area contributed by atoms with Gasteiger partial charge in [0.25, 0.3) is 5.56 Å². The topological polar surface area (TPSA) is 105 Å². The molecule has 7 nitrogen and oxygen atoms in total. The largest absolute Gasteiger partial charge is 0.305 e. The van der Waals surface area contributed by atoms with Crippen molar-refractivity contribution in [2.24, 2.45) is 0 Å². The van der Waals surface area contributed by atoms with Crippen molar-refractivity contribution >= 4 is 10.0 Å². The quantitative estimate of drug-likeness (QED) is 0.714. The molecule has 26 heavy (non-hydrogen) atoms. The smallest absolute Gasteiger partial charge is 0.251 e. The van der Waals surface area contributed by atoms with E-state index in [1.165, 1.54) is 6.07 Å². The zero-order valence-electron chi connectivity index (χ0n) is 14.4. The average molecular weight is 370 g/mol. The van der Waals surface area contributed by atoms with E-state index >= 15 is 0 Å². The molecule has 0 amide bonds. The lowest BCUT2D eigenvalue weighted by Crippen LogP contribution is -2.25. The standard InChI is InChI=1S/C18H18N4O3S/c1-12-6-7-15(9-13(12)2)26(24,25)20-11-14-10-17(23)22-18(21-14)16-5-3-4-8-19-16/h3-10,20H,11H2,1-2H3,(H,21,22,23). The van der Waals surface area contributed by atoms with Gasteiger partial charge in [-0.25, -0.2) is 18.1 Å². The highest BCUT2D eigenvalue weighted by molar-refractivity contribution is 7.89. The molecule has 134 valence electrons. The van der Waals surface area contributed by atoms with E-state index in [0.717, 1.165) is 11.1 Å². The second-order valence-electron chi connectivity index (χ2n) is 5.87. The SMILES string of the molecule is Cc1ccc(S(=O)(=O)NCc2cc(=O)[nH]c(-c3ccccn3)n2)cc1C. The number of pyridine rings is 1. The summed E-state index contributed by atoms with van der Waals surface area (Å²) in [6, 6.07) is 11.4. The summed E-state index contributed by atoms with van der Waals surface area (Å²) >= 11 is 0. The monoisotopic (exact) mass is 370 g/mol. The average Bonchev–Trinajstić information content (AvgIpc) is 2.62. The summed E-state index contributed by atoms with van der Waals surface area (Å²) in [5, 5.41) is 0. The van der Waals surface area contributed by atoms with Crippen LogP contribution >= 0.6 is 0 Å². The van der Waals surface area contributed by atoms with Gasteiger partial charge < -0.3 is 4.98 Å². The molecule has 0 bridgehead atoms. The van der Waals surface area contributed by atoms with Crippen LogP contribution in [0, 0.1) is 13.8 Å². The number of aromatic amines is 1. The normalized spacial score (nSPS) is 11.5. The van der Waals surface area contributed by atoms with Gasteiger partial charge in [-0.1, -0.05) is 12.1 Å². The van der Waals surface area contributed by atoms with E-state index < -0.39 is 10.0 Å². The van der Waals surface area contributed by atoms with Gasteiger partial charge in [0.2, 0.25) is 10.0 Å². The first-order valence-corrected chi connectivity index (χ1v) is 9.42. The summed E-state index contributed by atoms with van der Waals surface area (Å²) < 4.78 is 27.4. The van der Waals surface area contributed by atoms with E-state index in [2.05, 4.69) is 19.7 Å². The number of nitrogens with zero attached hydrogens (tertiary/aromatic N) is 2. The third kappa shape index (κ3) is 4.04. The molecule has 0 fully saturated rings. The van der Waals surface area contributed by atoms with Crippen LogP contribution in [0.25, 0.3) is 11.5 Å². The molecule has 0 aliphatic rings. The molecule has 0 spiro atoms. The summed E-state index contributed by atoms with van der Waals surface area (Å²) in [5.74, 6) is 0.290. The summed E-state index contributed by atoms with van der Waals surface area (Å²) in [5.41, 5.74) is 2.34. The Morgan fingerprint density at radius 2 is 1.88 bits per heavy atom. The minimum Gasteiger partial charge on any atom is -0.305 e. The van der Waals surface area contributed by atoms with Crippen LogP contribution in [-0.4, -0.2) is 23.4 Å². The summed E-state index contributed by atoms with van der Waals surface area (Å²) in [6.45, 7) is 3.67. The maximum Gasteiger partial charge on any atom is 0.251 e. The Labute approximate surface area is 151 Å². The van der Waals surface area contributed by atoms with Gasteiger partial charge in [0.1, 0.15) is 5.69 Å². The van der Waals surface area contributed by atoms with Crippen LogP contribution in [0.3, 0.4) is 0 Å². The van der Waals surface area contributed by atoms with Crippen molar-refractivity contribution in [3.8, 4) is 11.5 Å². The molecule has 2 N–H and O–H groups in total. The second kappa shape index (κ2) is 7.19. The third-order valence-corrected chi connectivity index (χ3v) is 5.33. The minimum atomic E-state index is -3.71. The second-order valence-corrected chi connectivity index (χ2v) is 7.64. The number of benzene rings is 1. The molecule has 0 atom stereocenters. The lowest BCUT2D eigenvalue weighted by Gasteiger charge is -2.09. The van der Waals surface area contributed by atoms with Crippen LogP contribution in [0.15, 0.2) is 58.4 Å². The maximum absolute atomic E-state index is 12.5. The van der Waals surface area contributed by atoms with Gasteiger partial charge in [-0.15, -0.1) is 0 Å². The highest BCUT2D eigenvalue weighted by Gasteiger charge is 2.15. The van der Waals surface area contributed by atoms with Crippen molar-refractivity contribution in [1.29, 1.82) is 0 Å². The molecular weight excluding hydrogens is 352 g/mol. The van der Waals surface area contributed by atoms with Crippen molar-refractivity contribution in [3.05, 3.63) is 75.8 Å². The third-order valence-electron chi connectivity index (χ3n) is 3.93. The zero-order chi connectivity index (χ0) is 18.7. The fourth-order valence-corrected chi connectivity index (χ4v) is 3.44. The number of H-pyrrole nitrogens is 1. The van der Waals surface area contributed by atoms with Crippen LogP contribution in [0.2, 0.25) is 0 Å². The number of aromatic nitrogens is 3. The lowest BCUT2D eigenvalue weighted by molar-refractivity contribution is 0.580. The molecule has 3 rings (SSSR count). The van der Waals surface area contributed by atoms with Crippen molar-refractivity contribution < 1.29 is 8.42 Å². The molecule has 0 saturated carbocycles. The van der Waals surface area contributed by atoms with Crippen LogP contribution in [0.1, 0.15) is 16.8 Å². The van der Waals surface area contributed by atoms with Gasteiger partial charge in [0.05, 0.1) is 17.1 Å². The van der Waals surface area contributed by atoms with Crippen molar-refractivity contribution in [1.82, 2.24) is 19.7 Å². The molecule has 3 aromatic rings.